The predicted molar refractivity (Wildman–Crippen MR) is 137 cm³/mol. The summed E-state index contributed by atoms with van der Waals surface area (Å²) in [5.41, 5.74) is 9.26. The molecule has 176 valence electrons. The van der Waals surface area contributed by atoms with E-state index in [0.29, 0.717) is 0 Å². The minimum atomic E-state index is -0.713. The second-order valence-corrected chi connectivity index (χ2v) is 9.53. The van der Waals surface area contributed by atoms with Gasteiger partial charge in [-0.2, -0.15) is 0 Å². The van der Waals surface area contributed by atoms with E-state index in [2.05, 4.69) is 112 Å². The van der Waals surface area contributed by atoms with Crippen molar-refractivity contribution in [1.82, 2.24) is 0 Å². The van der Waals surface area contributed by atoms with E-state index >= 15 is 0 Å². The number of primary amides is 2. The minimum Gasteiger partial charge on any atom is -0.447 e. The molecule has 0 radical (unpaired) electrons. The van der Waals surface area contributed by atoms with E-state index in [1.165, 1.54) is 15.9 Å². The summed E-state index contributed by atoms with van der Waals surface area (Å²) < 4.78 is 8.78. The molecule has 0 heterocycles. The van der Waals surface area contributed by atoms with Crippen molar-refractivity contribution in [3.63, 3.8) is 0 Å². The molecule has 0 aliphatic rings. The van der Waals surface area contributed by atoms with Crippen molar-refractivity contribution in [2.45, 2.75) is 39.9 Å². The van der Waals surface area contributed by atoms with Crippen LogP contribution in [0.5, 0.6) is 0 Å². The minimum absolute atomic E-state index is 0.0995. The number of carbonyl (C=O) groups excluding carboxylic acids is 2. The van der Waals surface area contributed by atoms with Gasteiger partial charge in [0.2, 0.25) is 0 Å². The fraction of sp³-hybridized carbons (Fsp3) is 0.231. The number of carbonyl (C=O) groups is 2. The number of benzene rings is 3. The molecule has 3 aromatic carbocycles. The van der Waals surface area contributed by atoms with Crippen LogP contribution in [0.3, 0.4) is 0 Å². The fourth-order valence-corrected chi connectivity index (χ4v) is 4.95. The average Bonchev–Trinajstić information content (AvgIpc) is 2.75. The maximum absolute atomic E-state index is 9.81. The highest BCUT2D eigenvalue weighted by Crippen LogP contribution is 2.32. The molecule has 3 aromatic rings. The maximum atomic E-state index is 9.81. The molecular weight excluding hydrogens is 435 g/mol. The molecule has 0 bridgehead atoms. The molecule has 2 amide bonds. The Labute approximate surface area is 197 Å². The first-order valence-corrected chi connectivity index (χ1v) is 11.9. The zero-order chi connectivity index (χ0) is 24.6. The van der Waals surface area contributed by atoms with Gasteiger partial charge in [0.05, 0.1) is 12.2 Å². The van der Waals surface area contributed by atoms with Gasteiger partial charge in [0.25, 0.3) is 0 Å². The monoisotopic (exact) mass is 468 g/mol. The molecule has 0 fully saturated rings. The summed E-state index contributed by atoms with van der Waals surface area (Å²) in [5, 5.41) is 4.19. The van der Waals surface area contributed by atoms with Gasteiger partial charge in [0, 0.05) is 0 Å². The van der Waals surface area contributed by atoms with E-state index in [9.17, 15) is 9.59 Å². The van der Waals surface area contributed by atoms with Gasteiger partial charge >= 0.3 is 12.2 Å². The van der Waals surface area contributed by atoms with Gasteiger partial charge in [-0.15, -0.1) is 0 Å². The molecule has 0 saturated carbocycles. The normalized spacial score (nSPS) is 9.91. The van der Waals surface area contributed by atoms with Crippen LogP contribution in [-0.2, 0) is 9.47 Å². The van der Waals surface area contributed by atoms with Crippen molar-refractivity contribution < 1.29 is 19.1 Å². The lowest BCUT2D eigenvalue weighted by atomic mass is 10.4. The number of hydrogen-bond donors (Lipinski definition) is 2. The number of rotatable bonds is 5. The van der Waals surface area contributed by atoms with Gasteiger partial charge in [-0.3, -0.25) is 0 Å². The Hall–Kier alpha value is -3.37. The second-order valence-electron chi connectivity index (χ2n) is 7.31. The Bertz CT molecular complexity index is 822. The standard InChI is InChI=1S/C18H15P.2C4H9NO2/c1-4-10-16(11-5-1)19(17-12-6-2-7-13-17)18-14-8-3-9-15-18;2*1-3(2)7-4(5)6/h1-15H;2*3H,1-2H3,(H2,5,6). The van der Waals surface area contributed by atoms with E-state index in [1.54, 1.807) is 27.7 Å². The summed E-state index contributed by atoms with van der Waals surface area (Å²) in [5.74, 6) is 0. The second kappa shape index (κ2) is 15.4. The van der Waals surface area contributed by atoms with Crippen LogP contribution < -0.4 is 27.4 Å². The van der Waals surface area contributed by atoms with Crippen molar-refractivity contribution in [2.24, 2.45) is 11.5 Å². The molecule has 33 heavy (non-hydrogen) atoms. The van der Waals surface area contributed by atoms with E-state index in [4.69, 9.17) is 0 Å². The summed E-state index contributed by atoms with van der Waals surface area (Å²) in [7, 11) is -0.446. The summed E-state index contributed by atoms with van der Waals surface area (Å²) in [6, 6.07) is 32.3. The Kier molecular flexibility index (Phi) is 12.9. The smallest absolute Gasteiger partial charge is 0.404 e. The third-order valence-corrected chi connectivity index (χ3v) is 6.19. The first-order chi connectivity index (χ1) is 15.7. The molecule has 0 aliphatic carbocycles. The van der Waals surface area contributed by atoms with Crippen molar-refractivity contribution in [3.05, 3.63) is 91.0 Å². The fourth-order valence-electron chi connectivity index (χ4n) is 2.64. The quantitative estimate of drug-likeness (QED) is 0.541. The summed E-state index contributed by atoms with van der Waals surface area (Å²) >= 11 is 0. The average molecular weight is 469 g/mol. The topological polar surface area (TPSA) is 105 Å². The first kappa shape index (κ1) is 27.7. The van der Waals surface area contributed by atoms with Crippen LogP contribution in [0.15, 0.2) is 91.0 Å². The van der Waals surface area contributed by atoms with Crippen LogP contribution >= 0.6 is 7.92 Å². The molecule has 0 saturated heterocycles. The zero-order valence-corrected chi connectivity index (χ0v) is 20.4. The summed E-state index contributed by atoms with van der Waals surface area (Å²) in [4.78, 5) is 19.6. The van der Waals surface area contributed by atoms with Gasteiger partial charge in [0.15, 0.2) is 0 Å². The molecule has 3 rings (SSSR count). The maximum Gasteiger partial charge on any atom is 0.404 e. The van der Waals surface area contributed by atoms with Gasteiger partial charge in [-0.1, -0.05) is 91.0 Å². The van der Waals surface area contributed by atoms with E-state index in [1.807, 2.05) is 0 Å². The lowest BCUT2D eigenvalue weighted by molar-refractivity contribution is 0.124. The van der Waals surface area contributed by atoms with Crippen molar-refractivity contribution in [1.29, 1.82) is 0 Å². The Morgan fingerprint density at radius 2 is 0.818 bits per heavy atom. The third-order valence-electron chi connectivity index (χ3n) is 3.75. The van der Waals surface area contributed by atoms with Crippen LogP contribution in [0.25, 0.3) is 0 Å². The van der Waals surface area contributed by atoms with Crippen LogP contribution in [0.4, 0.5) is 9.59 Å². The van der Waals surface area contributed by atoms with Crippen molar-refractivity contribution in [3.8, 4) is 0 Å². The van der Waals surface area contributed by atoms with Gasteiger partial charge in [-0.25, -0.2) is 9.59 Å². The first-order valence-electron chi connectivity index (χ1n) is 10.6. The molecule has 0 spiro atoms. The molecule has 0 aromatic heterocycles. The lowest BCUT2D eigenvalue weighted by Gasteiger charge is -2.18. The predicted octanol–water partition coefficient (Wildman–Crippen LogP) is 4.43. The third kappa shape index (κ3) is 12.3. The molecule has 6 nitrogen and oxygen atoms in total. The van der Waals surface area contributed by atoms with Crippen LogP contribution in [0, 0.1) is 0 Å². The van der Waals surface area contributed by atoms with Crippen LogP contribution in [0.2, 0.25) is 0 Å². The molecule has 0 aliphatic heterocycles. The van der Waals surface area contributed by atoms with E-state index < -0.39 is 20.1 Å². The Balaban J connectivity index is 0.000000324. The largest absolute Gasteiger partial charge is 0.447 e. The highest BCUT2D eigenvalue weighted by atomic mass is 31.1. The van der Waals surface area contributed by atoms with Gasteiger partial charge in [-0.05, 0) is 51.5 Å². The highest BCUT2D eigenvalue weighted by molar-refractivity contribution is 7.79. The zero-order valence-electron chi connectivity index (χ0n) is 19.5. The number of ether oxygens (including phenoxy) is 2. The Morgan fingerprint density at radius 3 is 0.970 bits per heavy atom. The SMILES string of the molecule is CC(C)OC(N)=O.CC(C)OC(N)=O.c1ccc(P(c2ccccc2)c2ccccc2)cc1. The van der Waals surface area contributed by atoms with Crippen molar-refractivity contribution in [2.75, 3.05) is 0 Å². The van der Waals surface area contributed by atoms with Crippen LogP contribution in [0.1, 0.15) is 27.7 Å². The van der Waals surface area contributed by atoms with E-state index in [0.717, 1.165) is 0 Å². The number of nitrogens with two attached hydrogens (primary N) is 2. The molecule has 4 N–H and O–H groups in total. The summed E-state index contributed by atoms with van der Waals surface area (Å²) in [6.45, 7) is 6.96. The molecular formula is C26H33N2O4P. The molecule has 0 atom stereocenters. The molecule has 7 heteroatoms. The van der Waals surface area contributed by atoms with Crippen molar-refractivity contribution >= 4 is 36.0 Å². The van der Waals surface area contributed by atoms with E-state index in [-0.39, 0.29) is 12.2 Å². The number of hydrogen-bond acceptors (Lipinski definition) is 4. The van der Waals surface area contributed by atoms with Gasteiger partial charge < -0.3 is 20.9 Å². The van der Waals surface area contributed by atoms with Crippen LogP contribution in [-0.4, -0.2) is 24.4 Å². The lowest BCUT2D eigenvalue weighted by Crippen LogP contribution is -2.20. The Morgan fingerprint density at radius 1 is 0.576 bits per heavy atom. The number of amides is 2. The summed E-state index contributed by atoms with van der Waals surface area (Å²) in [6.07, 6.45) is -1.63. The highest BCUT2D eigenvalue weighted by Gasteiger charge is 2.14. The molecule has 0 unspecified atom stereocenters. The van der Waals surface area contributed by atoms with Gasteiger partial charge in [0.1, 0.15) is 0 Å².